The molecule has 1 N–H and O–H groups in total. The first kappa shape index (κ1) is 22.2. The predicted octanol–water partition coefficient (Wildman–Crippen LogP) is 2.91. The Morgan fingerprint density at radius 2 is 1.97 bits per heavy atom. The number of ether oxygens (including phenoxy) is 1. The van der Waals surface area contributed by atoms with Gasteiger partial charge in [0.15, 0.2) is 0 Å². The maximum atomic E-state index is 12.2. The first-order valence-electron chi connectivity index (χ1n) is 9.10. The molecule has 2 aromatic rings. The van der Waals surface area contributed by atoms with Gasteiger partial charge in [0.05, 0.1) is 29.2 Å². The molecule has 0 aliphatic rings. The molecule has 0 bridgehead atoms. The Balaban J connectivity index is 1.96. The number of carbonyl (C=O) groups excluding carboxylic acids is 2. The van der Waals surface area contributed by atoms with E-state index in [0.29, 0.717) is 17.3 Å². The topological polar surface area (TPSA) is 95.3 Å². The summed E-state index contributed by atoms with van der Waals surface area (Å²) in [6.07, 6.45) is 0. The fraction of sp³-hybridized carbons (Fsp3) is 0.333. The number of hydrogen-bond acceptors (Lipinski definition) is 7. The van der Waals surface area contributed by atoms with Crippen LogP contribution in [0, 0.1) is 18.3 Å². The maximum absolute atomic E-state index is 12.2. The summed E-state index contributed by atoms with van der Waals surface area (Å²) in [6, 6.07) is 11.4. The molecule has 0 saturated heterocycles. The van der Waals surface area contributed by atoms with Crippen LogP contribution in [0.2, 0.25) is 0 Å². The standard InChI is InChI=1S/C21H24N4O3S/c1-5-28-21(27)18-10-16(11-22)20(24-14(18)2)29-13-19(26)23-12-15-6-8-17(9-7-15)25(3)4/h6-10H,5,12-13H2,1-4H3,(H,23,26). The van der Waals surface area contributed by atoms with Crippen LogP contribution >= 0.6 is 11.8 Å². The number of thioether (sulfide) groups is 1. The molecule has 7 nitrogen and oxygen atoms in total. The second kappa shape index (κ2) is 10.5. The average molecular weight is 413 g/mol. The molecular weight excluding hydrogens is 388 g/mol. The fourth-order valence-electron chi connectivity index (χ4n) is 2.49. The highest BCUT2D eigenvalue weighted by atomic mass is 32.2. The number of nitrogens with zero attached hydrogens (tertiary/aromatic N) is 3. The number of anilines is 1. The third-order valence-corrected chi connectivity index (χ3v) is 5.07. The van der Waals surface area contributed by atoms with Crippen molar-refractivity contribution in [1.82, 2.24) is 10.3 Å². The lowest BCUT2D eigenvalue weighted by Gasteiger charge is -2.13. The summed E-state index contributed by atoms with van der Waals surface area (Å²) in [6.45, 7) is 4.06. The van der Waals surface area contributed by atoms with E-state index in [0.717, 1.165) is 23.0 Å². The molecule has 0 saturated carbocycles. The molecule has 1 aromatic carbocycles. The molecule has 0 atom stereocenters. The van der Waals surface area contributed by atoms with Gasteiger partial charge in [-0.1, -0.05) is 23.9 Å². The molecule has 29 heavy (non-hydrogen) atoms. The third-order valence-electron chi connectivity index (χ3n) is 4.08. The van der Waals surface area contributed by atoms with E-state index in [1.807, 2.05) is 49.3 Å². The monoisotopic (exact) mass is 412 g/mol. The largest absolute Gasteiger partial charge is 0.462 e. The van der Waals surface area contributed by atoms with Gasteiger partial charge >= 0.3 is 5.97 Å². The minimum absolute atomic E-state index is 0.121. The number of esters is 1. The first-order chi connectivity index (χ1) is 13.8. The number of amides is 1. The van der Waals surface area contributed by atoms with Crippen molar-refractivity contribution in [2.75, 3.05) is 31.4 Å². The third kappa shape index (κ3) is 6.22. The summed E-state index contributed by atoms with van der Waals surface area (Å²) in [4.78, 5) is 30.5. The summed E-state index contributed by atoms with van der Waals surface area (Å²) >= 11 is 1.16. The Morgan fingerprint density at radius 3 is 2.55 bits per heavy atom. The highest BCUT2D eigenvalue weighted by molar-refractivity contribution is 8.00. The van der Waals surface area contributed by atoms with Crippen LogP contribution in [0.5, 0.6) is 0 Å². The van der Waals surface area contributed by atoms with E-state index in [2.05, 4.69) is 10.3 Å². The molecule has 0 fully saturated rings. The lowest BCUT2D eigenvalue weighted by molar-refractivity contribution is -0.118. The molecule has 0 aliphatic heterocycles. The van der Waals surface area contributed by atoms with Crippen molar-refractivity contribution in [2.24, 2.45) is 0 Å². The summed E-state index contributed by atoms with van der Waals surface area (Å²) in [5.74, 6) is -0.552. The van der Waals surface area contributed by atoms with Gasteiger partial charge in [-0.25, -0.2) is 9.78 Å². The van der Waals surface area contributed by atoms with Gasteiger partial charge in [-0.15, -0.1) is 0 Å². The number of benzene rings is 1. The molecule has 152 valence electrons. The van der Waals surface area contributed by atoms with E-state index in [-0.39, 0.29) is 29.4 Å². The van der Waals surface area contributed by atoms with Crippen molar-refractivity contribution in [3.8, 4) is 6.07 Å². The van der Waals surface area contributed by atoms with Crippen LogP contribution in [0.15, 0.2) is 35.4 Å². The van der Waals surface area contributed by atoms with E-state index in [1.165, 1.54) is 6.07 Å². The molecule has 1 amide bonds. The molecule has 0 aliphatic carbocycles. The number of rotatable bonds is 8. The van der Waals surface area contributed by atoms with Crippen LogP contribution in [-0.2, 0) is 16.1 Å². The van der Waals surface area contributed by atoms with Gasteiger partial charge < -0.3 is 15.0 Å². The lowest BCUT2D eigenvalue weighted by atomic mass is 10.1. The number of nitriles is 1. The minimum Gasteiger partial charge on any atom is -0.462 e. The Morgan fingerprint density at radius 1 is 1.28 bits per heavy atom. The predicted molar refractivity (Wildman–Crippen MR) is 113 cm³/mol. The van der Waals surface area contributed by atoms with Gasteiger partial charge in [-0.05, 0) is 37.6 Å². The second-order valence-electron chi connectivity index (χ2n) is 6.43. The molecular formula is C21H24N4O3S. The maximum Gasteiger partial charge on any atom is 0.340 e. The van der Waals surface area contributed by atoms with Crippen molar-refractivity contribution >= 4 is 29.3 Å². The molecule has 8 heteroatoms. The Bertz CT molecular complexity index is 921. The van der Waals surface area contributed by atoms with E-state index < -0.39 is 5.97 Å². The highest BCUT2D eigenvalue weighted by Crippen LogP contribution is 2.23. The van der Waals surface area contributed by atoms with Crippen molar-refractivity contribution < 1.29 is 14.3 Å². The van der Waals surface area contributed by atoms with E-state index in [1.54, 1.807) is 13.8 Å². The number of hydrogen-bond donors (Lipinski definition) is 1. The summed E-state index contributed by atoms with van der Waals surface area (Å²) in [7, 11) is 3.94. The zero-order valence-electron chi connectivity index (χ0n) is 17.0. The number of carbonyl (C=O) groups is 2. The number of pyridine rings is 1. The first-order valence-corrected chi connectivity index (χ1v) is 10.1. The van der Waals surface area contributed by atoms with E-state index in [9.17, 15) is 14.9 Å². The minimum atomic E-state index is -0.511. The van der Waals surface area contributed by atoms with Crippen molar-refractivity contribution in [3.05, 3.63) is 52.7 Å². The molecule has 1 heterocycles. The van der Waals surface area contributed by atoms with Crippen LogP contribution in [-0.4, -0.2) is 43.3 Å². The highest BCUT2D eigenvalue weighted by Gasteiger charge is 2.17. The molecule has 0 unspecified atom stereocenters. The quantitative estimate of drug-likeness (QED) is 0.526. The summed E-state index contributed by atoms with van der Waals surface area (Å²) in [5.41, 5.74) is 3.06. The van der Waals surface area contributed by atoms with Gasteiger partial charge in [-0.2, -0.15) is 5.26 Å². The normalized spacial score (nSPS) is 10.2. The molecule has 0 spiro atoms. The van der Waals surface area contributed by atoms with Crippen LogP contribution in [0.4, 0.5) is 5.69 Å². The van der Waals surface area contributed by atoms with Crippen LogP contribution in [0.25, 0.3) is 0 Å². The van der Waals surface area contributed by atoms with E-state index in [4.69, 9.17) is 4.74 Å². The Labute approximate surface area is 175 Å². The van der Waals surface area contributed by atoms with Gasteiger partial charge in [0.1, 0.15) is 11.1 Å². The fourth-order valence-corrected chi connectivity index (χ4v) is 3.32. The summed E-state index contributed by atoms with van der Waals surface area (Å²) in [5, 5.41) is 12.6. The van der Waals surface area contributed by atoms with E-state index >= 15 is 0 Å². The SMILES string of the molecule is CCOC(=O)c1cc(C#N)c(SCC(=O)NCc2ccc(N(C)C)cc2)nc1C. The number of aromatic nitrogens is 1. The van der Waals surface area contributed by atoms with Crippen LogP contribution < -0.4 is 10.2 Å². The van der Waals surface area contributed by atoms with Crippen molar-refractivity contribution in [1.29, 1.82) is 5.26 Å². The average Bonchev–Trinajstić information content (AvgIpc) is 2.71. The summed E-state index contributed by atoms with van der Waals surface area (Å²) < 4.78 is 4.98. The van der Waals surface area contributed by atoms with Crippen molar-refractivity contribution in [2.45, 2.75) is 25.4 Å². The van der Waals surface area contributed by atoms with Crippen LogP contribution in [0.1, 0.15) is 34.1 Å². The smallest absolute Gasteiger partial charge is 0.340 e. The van der Waals surface area contributed by atoms with Gasteiger partial charge in [0, 0.05) is 26.3 Å². The Hall–Kier alpha value is -3.05. The molecule has 1 aromatic heterocycles. The lowest BCUT2D eigenvalue weighted by Crippen LogP contribution is -2.24. The van der Waals surface area contributed by atoms with Gasteiger partial charge in [0.25, 0.3) is 0 Å². The molecule has 0 radical (unpaired) electrons. The zero-order valence-corrected chi connectivity index (χ0v) is 17.8. The number of aryl methyl sites for hydroxylation is 1. The Kier molecular flexibility index (Phi) is 8.04. The van der Waals surface area contributed by atoms with Gasteiger partial charge in [0.2, 0.25) is 5.91 Å². The molecule has 2 rings (SSSR count). The number of nitrogens with one attached hydrogen (secondary N) is 1. The van der Waals surface area contributed by atoms with Crippen molar-refractivity contribution in [3.63, 3.8) is 0 Å². The zero-order chi connectivity index (χ0) is 21.4. The van der Waals surface area contributed by atoms with Gasteiger partial charge in [-0.3, -0.25) is 4.79 Å². The second-order valence-corrected chi connectivity index (χ2v) is 7.40. The van der Waals surface area contributed by atoms with Crippen LogP contribution in [0.3, 0.4) is 0 Å².